The van der Waals surface area contributed by atoms with Crippen LogP contribution in [0, 0.1) is 5.92 Å². The van der Waals surface area contributed by atoms with Crippen molar-refractivity contribution in [3.63, 3.8) is 0 Å². The lowest BCUT2D eigenvalue weighted by molar-refractivity contribution is -0.135. The third kappa shape index (κ3) is 4.16. The zero-order chi connectivity index (χ0) is 22.9. The van der Waals surface area contributed by atoms with Gasteiger partial charge in [0.1, 0.15) is 12.1 Å². The summed E-state index contributed by atoms with van der Waals surface area (Å²) >= 11 is 0. The summed E-state index contributed by atoms with van der Waals surface area (Å²) in [5.41, 5.74) is 0.706. The zero-order valence-electron chi connectivity index (χ0n) is 18.6. The Morgan fingerprint density at radius 3 is 2.53 bits per heavy atom. The van der Waals surface area contributed by atoms with Crippen LogP contribution in [0.1, 0.15) is 55.8 Å². The number of imide groups is 1. The third-order valence-corrected chi connectivity index (χ3v) is 6.81. The van der Waals surface area contributed by atoms with Crippen molar-refractivity contribution in [3.05, 3.63) is 23.8 Å². The number of methoxy groups -OCH3 is 1. The summed E-state index contributed by atoms with van der Waals surface area (Å²) in [6.07, 6.45) is 5.02. The van der Waals surface area contributed by atoms with Crippen LogP contribution < -0.4 is 15.5 Å². The third-order valence-electron chi connectivity index (χ3n) is 6.81. The molecule has 2 saturated heterocycles. The van der Waals surface area contributed by atoms with Crippen LogP contribution in [0.3, 0.4) is 0 Å². The van der Waals surface area contributed by atoms with Gasteiger partial charge in [0.25, 0.3) is 5.91 Å². The van der Waals surface area contributed by atoms with E-state index in [9.17, 15) is 19.2 Å². The van der Waals surface area contributed by atoms with Gasteiger partial charge in [-0.2, -0.15) is 0 Å². The SMILES string of the molecule is COC(=O)c1ccc(N2CCCC2)c(NC(=O)CN2C(=O)NC3(CCC(C)CC3)C2=O)c1. The van der Waals surface area contributed by atoms with Gasteiger partial charge < -0.3 is 20.3 Å². The molecule has 1 aromatic rings. The number of carbonyl (C=O) groups excluding carboxylic acids is 4. The van der Waals surface area contributed by atoms with Gasteiger partial charge in [-0.15, -0.1) is 0 Å². The second kappa shape index (κ2) is 8.80. The number of rotatable bonds is 5. The summed E-state index contributed by atoms with van der Waals surface area (Å²) in [6.45, 7) is 3.48. The van der Waals surface area contributed by atoms with Crippen LogP contribution in [0.15, 0.2) is 18.2 Å². The fraction of sp³-hybridized carbons (Fsp3) is 0.565. The maximum Gasteiger partial charge on any atom is 0.337 e. The summed E-state index contributed by atoms with van der Waals surface area (Å²) in [6, 6.07) is 4.51. The normalized spacial score (nSPS) is 25.2. The van der Waals surface area contributed by atoms with Crippen molar-refractivity contribution in [1.82, 2.24) is 10.2 Å². The van der Waals surface area contributed by atoms with E-state index in [0.717, 1.165) is 49.4 Å². The molecule has 0 atom stereocenters. The molecule has 2 heterocycles. The number of nitrogens with one attached hydrogen (secondary N) is 2. The molecule has 3 fully saturated rings. The van der Waals surface area contributed by atoms with Crippen molar-refractivity contribution in [2.24, 2.45) is 5.92 Å². The molecule has 1 spiro atoms. The van der Waals surface area contributed by atoms with Crippen LogP contribution in [-0.4, -0.2) is 61.0 Å². The summed E-state index contributed by atoms with van der Waals surface area (Å²) in [5.74, 6) is -0.797. The first kappa shape index (κ1) is 22.1. The largest absolute Gasteiger partial charge is 0.465 e. The molecule has 9 nitrogen and oxygen atoms in total. The Hall–Kier alpha value is -3.10. The molecule has 0 bridgehead atoms. The molecule has 172 valence electrons. The Morgan fingerprint density at radius 2 is 1.88 bits per heavy atom. The molecular formula is C23H30N4O5. The first-order valence-corrected chi connectivity index (χ1v) is 11.2. The van der Waals surface area contributed by atoms with Gasteiger partial charge in [-0.05, 0) is 62.6 Å². The quantitative estimate of drug-likeness (QED) is 0.536. The van der Waals surface area contributed by atoms with E-state index in [1.54, 1.807) is 18.2 Å². The molecular weight excluding hydrogens is 412 g/mol. The van der Waals surface area contributed by atoms with Crippen LogP contribution in [0.5, 0.6) is 0 Å². The Balaban J connectivity index is 1.50. The molecule has 0 radical (unpaired) electrons. The van der Waals surface area contributed by atoms with E-state index < -0.39 is 23.4 Å². The second-order valence-corrected chi connectivity index (χ2v) is 9.05. The zero-order valence-corrected chi connectivity index (χ0v) is 18.6. The smallest absolute Gasteiger partial charge is 0.337 e. The Kier molecular flexibility index (Phi) is 6.08. The molecule has 1 saturated carbocycles. The lowest BCUT2D eigenvalue weighted by atomic mass is 9.77. The van der Waals surface area contributed by atoms with Crippen LogP contribution in [0.25, 0.3) is 0 Å². The fourth-order valence-corrected chi connectivity index (χ4v) is 4.86. The Bertz CT molecular complexity index is 932. The highest BCUT2D eigenvalue weighted by Gasteiger charge is 2.52. The number of ether oxygens (including phenoxy) is 1. The minimum absolute atomic E-state index is 0.316. The minimum atomic E-state index is -0.880. The van der Waals surface area contributed by atoms with Crippen molar-refractivity contribution in [1.29, 1.82) is 0 Å². The van der Waals surface area contributed by atoms with Crippen molar-refractivity contribution in [3.8, 4) is 0 Å². The molecule has 0 aromatic heterocycles. The van der Waals surface area contributed by atoms with E-state index in [0.29, 0.717) is 30.0 Å². The Morgan fingerprint density at radius 1 is 1.19 bits per heavy atom. The molecule has 1 aliphatic carbocycles. The number of esters is 1. The minimum Gasteiger partial charge on any atom is -0.465 e. The monoisotopic (exact) mass is 442 g/mol. The number of anilines is 2. The first-order valence-electron chi connectivity index (χ1n) is 11.2. The molecule has 2 N–H and O–H groups in total. The van der Waals surface area contributed by atoms with Gasteiger partial charge in [0.15, 0.2) is 0 Å². The number of hydrogen-bond acceptors (Lipinski definition) is 6. The summed E-state index contributed by atoms with van der Waals surface area (Å²) in [4.78, 5) is 53.6. The van der Waals surface area contributed by atoms with Gasteiger partial charge in [0, 0.05) is 13.1 Å². The van der Waals surface area contributed by atoms with Crippen LogP contribution in [0.4, 0.5) is 16.2 Å². The van der Waals surface area contributed by atoms with E-state index in [1.165, 1.54) is 7.11 Å². The van der Waals surface area contributed by atoms with Crippen LogP contribution in [-0.2, 0) is 14.3 Å². The van der Waals surface area contributed by atoms with Gasteiger partial charge in [-0.25, -0.2) is 9.59 Å². The van der Waals surface area contributed by atoms with Crippen LogP contribution >= 0.6 is 0 Å². The maximum atomic E-state index is 13.0. The predicted molar refractivity (Wildman–Crippen MR) is 118 cm³/mol. The number of urea groups is 1. The summed E-state index contributed by atoms with van der Waals surface area (Å²) in [5, 5.41) is 5.65. The van der Waals surface area contributed by atoms with Gasteiger partial charge in [0.05, 0.1) is 24.0 Å². The number of amides is 4. The highest BCUT2D eigenvalue weighted by molar-refractivity contribution is 6.10. The molecule has 2 aliphatic heterocycles. The van der Waals surface area contributed by atoms with Gasteiger partial charge in [0.2, 0.25) is 5.91 Å². The molecule has 3 aliphatic rings. The van der Waals surface area contributed by atoms with Crippen LogP contribution in [0.2, 0.25) is 0 Å². The molecule has 1 aromatic carbocycles. The summed E-state index contributed by atoms with van der Waals surface area (Å²) in [7, 11) is 1.30. The number of benzene rings is 1. The average Bonchev–Trinajstić information content (AvgIpc) is 3.39. The van der Waals surface area contributed by atoms with E-state index >= 15 is 0 Å². The van der Waals surface area contributed by atoms with Gasteiger partial charge in [-0.1, -0.05) is 6.92 Å². The fourth-order valence-electron chi connectivity index (χ4n) is 4.86. The number of nitrogens with zero attached hydrogens (tertiary/aromatic N) is 2. The Labute approximate surface area is 187 Å². The highest BCUT2D eigenvalue weighted by Crippen LogP contribution is 2.36. The van der Waals surface area contributed by atoms with Crippen molar-refractivity contribution >= 4 is 35.2 Å². The molecule has 0 unspecified atom stereocenters. The van der Waals surface area contributed by atoms with E-state index in [4.69, 9.17) is 4.74 Å². The van der Waals surface area contributed by atoms with E-state index in [-0.39, 0.29) is 12.5 Å². The van der Waals surface area contributed by atoms with Gasteiger partial charge >= 0.3 is 12.0 Å². The lowest BCUT2D eigenvalue weighted by Gasteiger charge is -2.33. The standard InChI is InChI=1S/C23H30N4O5/c1-15-7-9-23(10-8-15)21(30)27(22(31)25-23)14-19(28)24-17-13-16(20(29)32-2)5-6-18(17)26-11-3-4-12-26/h5-6,13,15H,3-4,7-12,14H2,1-2H3,(H,24,28)(H,25,31). The van der Waals surface area contributed by atoms with E-state index in [1.807, 2.05) is 0 Å². The van der Waals surface area contributed by atoms with E-state index in [2.05, 4.69) is 22.5 Å². The lowest BCUT2D eigenvalue weighted by Crippen LogP contribution is -2.49. The summed E-state index contributed by atoms with van der Waals surface area (Å²) < 4.78 is 4.80. The average molecular weight is 443 g/mol. The second-order valence-electron chi connectivity index (χ2n) is 9.05. The molecule has 9 heteroatoms. The predicted octanol–water partition coefficient (Wildman–Crippen LogP) is 2.51. The van der Waals surface area contributed by atoms with Crippen molar-refractivity contribution in [2.75, 3.05) is 37.0 Å². The first-order chi connectivity index (χ1) is 15.3. The van der Waals surface area contributed by atoms with Crippen molar-refractivity contribution in [2.45, 2.75) is 51.0 Å². The van der Waals surface area contributed by atoms with Gasteiger partial charge in [-0.3, -0.25) is 14.5 Å². The molecule has 32 heavy (non-hydrogen) atoms. The number of carbonyl (C=O) groups is 4. The molecule has 4 amide bonds. The van der Waals surface area contributed by atoms with Crippen molar-refractivity contribution < 1.29 is 23.9 Å². The topological polar surface area (TPSA) is 108 Å². The maximum absolute atomic E-state index is 13.0. The molecule has 4 rings (SSSR count). The number of hydrogen-bond donors (Lipinski definition) is 2. The highest BCUT2D eigenvalue weighted by atomic mass is 16.5.